The summed E-state index contributed by atoms with van der Waals surface area (Å²) in [4.78, 5) is 9.09. The van der Waals surface area contributed by atoms with Gasteiger partial charge in [-0.05, 0) is 17.7 Å². The third-order valence-corrected chi connectivity index (χ3v) is 4.84. The Morgan fingerprint density at radius 1 is 1.12 bits per heavy atom. The van der Waals surface area contributed by atoms with E-state index in [4.69, 9.17) is 20.9 Å². The predicted molar refractivity (Wildman–Crippen MR) is 90.2 cm³/mol. The molecule has 2 aliphatic rings. The van der Waals surface area contributed by atoms with Crippen LogP contribution in [0.2, 0.25) is 5.02 Å². The number of aromatic nitrogens is 2. The fraction of sp³-hybridized carbons (Fsp3) is 0.529. The number of aryl methyl sites for hydroxylation is 1. The second-order valence-electron chi connectivity index (χ2n) is 6.43. The number of hydrogen-bond acceptors (Lipinski definition) is 6. The minimum atomic E-state index is 0.624. The van der Waals surface area contributed by atoms with Crippen molar-refractivity contribution in [3.05, 3.63) is 40.0 Å². The van der Waals surface area contributed by atoms with Crippen molar-refractivity contribution >= 4 is 11.6 Å². The van der Waals surface area contributed by atoms with Crippen LogP contribution in [0.1, 0.15) is 22.8 Å². The molecular formula is C17H21ClN4O2. The maximum Gasteiger partial charge on any atom is 0.223 e. The van der Waals surface area contributed by atoms with Gasteiger partial charge in [-0.2, -0.15) is 4.98 Å². The summed E-state index contributed by atoms with van der Waals surface area (Å²) >= 11 is 6.26. The number of piperazine rings is 1. The summed E-state index contributed by atoms with van der Waals surface area (Å²) < 4.78 is 10.8. The number of hydrogen-bond donors (Lipinski definition) is 0. The molecule has 128 valence electrons. The Hall–Kier alpha value is -1.63. The van der Waals surface area contributed by atoms with Crippen molar-refractivity contribution in [3.8, 4) is 5.75 Å². The molecule has 0 bridgehead atoms. The SMILES string of the molecule is Cc1nc(CN2CCN(Cc3cc(Cl)cc4c3OCC4)CC2)no1. The van der Waals surface area contributed by atoms with E-state index in [-0.39, 0.29) is 0 Å². The summed E-state index contributed by atoms with van der Waals surface area (Å²) in [5.74, 6) is 2.43. The minimum Gasteiger partial charge on any atom is -0.493 e. The molecule has 0 aliphatic carbocycles. The zero-order valence-corrected chi connectivity index (χ0v) is 14.6. The van der Waals surface area contributed by atoms with Crippen LogP contribution in [-0.2, 0) is 19.5 Å². The van der Waals surface area contributed by atoms with Crippen molar-refractivity contribution in [2.45, 2.75) is 26.4 Å². The van der Waals surface area contributed by atoms with Crippen LogP contribution in [0.3, 0.4) is 0 Å². The second-order valence-corrected chi connectivity index (χ2v) is 6.87. The molecular weight excluding hydrogens is 328 g/mol. The molecule has 2 aliphatic heterocycles. The number of rotatable bonds is 4. The molecule has 0 atom stereocenters. The predicted octanol–water partition coefficient (Wildman–Crippen LogP) is 2.28. The molecule has 0 spiro atoms. The Morgan fingerprint density at radius 3 is 2.58 bits per heavy atom. The number of halogens is 1. The Labute approximate surface area is 146 Å². The standard InChI is InChI=1S/C17H21ClN4O2/c1-12-19-16(20-24-12)11-22-5-3-21(4-6-22)10-14-9-15(18)8-13-2-7-23-17(13)14/h8-9H,2-7,10-11H2,1H3. The lowest BCUT2D eigenvalue weighted by Crippen LogP contribution is -2.45. The van der Waals surface area contributed by atoms with Crippen LogP contribution in [0.4, 0.5) is 0 Å². The van der Waals surface area contributed by atoms with Crippen molar-refractivity contribution < 1.29 is 9.26 Å². The van der Waals surface area contributed by atoms with E-state index >= 15 is 0 Å². The van der Waals surface area contributed by atoms with E-state index in [1.54, 1.807) is 0 Å². The molecule has 24 heavy (non-hydrogen) atoms. The molecule has 0 radical (unpaired) electrons. The van der Waals surface area contributed by atoms with Crippen LogP contribution in [0.25, 0.3) is 0 Å². The highest BCUT2D eigenvalue weighted by Gasteiger charge is 2.22. The fourth-order valence-corrected chi connectivity index (χ4v) is 3.68. The highest BCUT2D eigenvalue weighted by atomic mass is 35.5. The van der Waals surface area contributed by atoms with Crippen molar-refractivity contribution in [3.63, 3.8) is 0 Å². The summed E-state index contributed by atoms with van der Waals surface area (Å²) in [6.07, 6.45) is 0.959. The highest BCUT2D eigenvalue weighted by Crippen LogP contribution is 2.33. The zero-order valence-electron chi connectivity index (χ0n) is 13.8. The van der Waals surface area contributed by atoms with Crippen LogP contribution >= 0.6 is 11.6 Å². The van der Waals surface area contributed by atoms with Gasteiger partial charge in [-0.25, -0.2) is 0 Å². The second kappa shape index (κ2) is 6.70. The lowest BCUT2D eigenvalue weighted by Gasteiger charge is -2.34. The van der Waals surface area contributed by atoms with Gasteiger partial charge in [-0.15, -0.1) is 0 Å². The average Bonchev–Trinajstić information content (AvgIpc) is 3.18. The number of ether oxygens (including phenoxy) is 1. The number of nitrogens with zero attached hydrogens (tertiary/aromatic N) is 4. The molecule has 1 fully saturated rings. The molecule has 1 aromatic carbocycles. The molecule has 3 heterocycles. The summed E-state index contributed by atoms with van der Waals surface area (Å²) in [5.41, 5.74) is 2.45. The van der Waals surface area contributed by atoms with Gasteiger partial charge in [0.25, 0.3) is 0 Å². The van der Waals surface area contributed by atoms with Crippen LogP contribution in [-0.4, -0.2) is 52.7 Å². The van der Waals surface area contributed by atoms with Crippen molar-refractivity contribution in [2.24, 2.45) is 0 Å². The van der Waals surface area contributed by atoms with Gasteiger partial charge in [0.05, 0.1) is 13.2 Å². The van der Waals surface area contributed by atoms with Crippen molar-refractivity contribution in [1.29, 1.82) is 0 Å². The van der Waals surface area contributed by atoms with Gasteiger partial charge in [0.2, 0.25) is 5.89 Å². The minimum absolute atomic E-state index is 0.624. The topological polar surface area (TPSA) is 54.6 Å². The molecule has 1 saturated heterocycles. The van der Waals surface area contributed by atoms with E-state index in [1.807, 2.05) is 19.1 Å². The van der Waals surface area contributed by atoms with Gasteiger partial charge >= 0.3 is 0 Å². The van der Waals surface area contributed by atoms with Crippen LogP contribution in [0.15, 0.2) is 16.7 Å². The van der Waals surface area contributed by atoms with E-state index < -0.39 is 0 Å². The third kappa shape index (κ3) is 3.41. The van der Waals surface area contributed by atoms with E-state index in [9.17, 15) is 0 Å². The normalized spacial score (nSPS) is 18.6. The molecule has 1 aromatic heterocycles. The molecule has 6 nitrogen and oxygen atoms in total. The molecule has 0 unspecified atom stereocenters. The highest BCUT2D eigenvalue weighted by molar-refractivity contribution is 6.30. The van der Waals surface area contributed by atoms with Crippen LogP contribution in [0, 0.1) is 6.92 Å². The van der Waals surface area contributed by atoms with Gasteiger partial charge in [0.1, 0.15) is 5.75 Å². The van der Waals surface area contributed by atoms with Gasteiger partial charge in [-0.3, -0.25) is 9.80 Å². The van der Waals surface area contributed by atoms with E-state index in [2.05, 4.69) is 19.9 Å². The summed E-state index contributed by atoms with van der Waals surface area (Å²) in [7, 11) is 0. The molecule has 4 rings (SSSR count). The first-order valence-corrected chi connectivity index (χ1v) is 8.73. The van der Waals surface area contributed by atoms with Crippen molar-refractivity contribution in [1.82, 2.24) is 19.9 Å². The number of fused-ring (bicyclic) bond motifs is 1. The molecule has 0 N–H and O–H groups in total. The molecule has 2 aromatic rings. The largest absolute Gasteiger partial charge is 0.493 e. The molecule has 0 amide bonds. The smallest absolute Gasteiger partial charge is 0.223 e. The maximum atomic E-state index is 6.26. The molecule has 7 heteroatoms. The average molecular weight is 349 g/mol. The van der Waals surface area contributed by atoms with Crippen molar-refractivity contribution in [2.75, 3.05) is 32.8 Å². The van der Waals surface area contributed by atoms with Crippen LogP contribution in [0.5, 0.6) is 5.75 Å². The van der Waals surface area contributed by atoms with Gasteiger partial charge in [0.15, 0.2) is 5.82 Å². The summed E-state index contributed by atoms with van der Waals surface area (Å²) in [6.45, 7) is 8.24. The molecule has 0 saturated carbocycles. The Kier molecular flexibility index (Phi) is 4.43. The summed E-state index contributed by atoms with van der Waals surface area (Å²) in [5, 5.41) is 4.78. The van der Waals surface area contributed by atoms with E-state index in [1.165, 1.54) is 11.1 Å². The first-order chi connectivity index (χ1) is 11.7. The van der Waals surface area contributed by atoms with Crippen LogP contribution < -0.4 is 4.74 Å². The quantitative estimate of drug-likeness (QED) is 0.845. The summed E-state index contributed by atoms with van der Waals surface area (Å²) in [6, 6.07) is 4.07. The van der Waals surface area contributed by atoms with Gasteiger partial charge in [-0.1, -0.05) is 16.8 Å². The first-order valence-electron chi connectivity index (χ1n) is 8.35. The van der Waals surface area contributed by atoms with E-state index in [0.717, 1.165) is 68.9 Å². The monoisotopic (exact) mass is 348 g/mol. The van der Waals surface area contributed by atoms with Gasteiger partial charge in [0, 0.05) is 56.7 Å². The Morgan fingerprint density at radius 2 is 1.88 bits per heavy atom. The lowest BCUT2D eigenvalue weighted by atomic mass is 10.1. The van der Waals surface area contributed by atoms with E-state index in [0.29, 0.717) is 5.89 Å². The lowest BCUT2D eigenvalue weighted by molar-refractivity contribution is 0.118. The Balaban J connectivity index is 1.35. The van der Waals surface area contributed by atoms with Gasteiger partial charge < -0.3 is 9.26 Å². The Bertz CT molecular complexity index is 725. The third-order valence-electron chi connectivity index (χ3n) is 4.62. The zero-order chi connectivity index (χ0) is 16.5. The number of benzene rings is 1. The fourth-order valence-electron chi connectivity index (χ4n) is 3.42. The maximum absolute atomic E-state index is 6.26. The first kappa shape index (κ1) is 15.9.